The third kappa shape index (κ3) is 2.08. The van der Waals surface area contributed by atoms with Crippen LogP contribution in [0.25, 0.3) is 10.6 Å². The van der Waals surface area contributed by atoms with Crippen molar-refractivity contribution in [3.8, 4) is 10.6 Å². The molecule has 0 amide bonds. The molecule has 2 rings (SSSR count). The molecular weight excluding hydrogens is 246 g/mol. The number of halogens is 1. The maximum absolute atomic E-state index is 10.8. The van der Waals surface area contributed by atoms with Gasteiger partial charge < -0.3 is 9.90 Å². The standard InChI is InChI=1S/C11H8ClNO2S/c1-6-9(11(14)15)16-10(13-6)7-3-2-4-8(12)5-7/h2-5H,1H3,(H,14,15)/p-1. The Kier molecular flexibility index (Phi) is 2.94. The van der Waals surface area contributed by atoms with Crippen LogP contribution in [-0.4, -0.2) is 11.0 Å². The fourth-order valence-electron chi connectivity index (χ4n) is 1.33. The van der Waals surface area contributed by atoms with Crippen LogP contribution >= 0.6 is 22.9 Å². The van der Waals surface area contributed by atoms with Gasteiger partial charge in [0.25, 0.3) is 0 Å². The van der Waals surface area contributed by atoms with Gasteiger partial charge >= 0.3 is 0 Å². The lowest BCUT2D eigenvalue weighted by molar-refractivity contribution is -0.254. The normalized spacial score (nSPS) is 10.4. The number of hydrogen-bond donors (Lipinski definition) is 0. The summed E-state index contributed by atoms with van der Waals surface area (Å²) >= 11 is 6.95. The zero-order valence-corrected chi connectivity index (χ0v) is 9.93. The van der Waals surface area contributed by atoms with E-state index in [1.807, 2.05) is 6.07 Å². The van der Waals surface area contributed by atoms with Crippen molar-refractivity contribution in [3.63, 3.8) is 0 Å². The molecule has 1 aromatic heterocycles. The molecule has 0 radical (unpaired) electrons. The van der Waals surface area contributed by atoms with Gasteiger partial charge in [0, 0.05) is 10.6 Å². The summed E-state index contributed by atoms with van der Waals surface area (Å²) in [6.07, 6.45) is 0. The quantitative estimate of drug-likeness (QED) is 0.823. The molecule has 0 aliphatic heterocycles. The van der Waals surface area contributed by atoms with E-state index in [-0.39, 0.29) is 4.88 Å². The van der Waals surface area contributed by atoms with Gasteiger partial charge in [0.05, 0.1) is 16.5 Å². The highest BCUT2D eigenvalue weighted by molar-refractivity contribution is 7.17. The Morgan fingerprint density at radius 3 is 2.81 bits per heavy atom. The number of aromatic carboxylic acids is 1. The fraction of sp³-hybridized carbons (Fsp3) is 0.0909. The molecule has 82 valence electrons. The minimum atomic E-state index is -1.19. The lowest BCUT2D eigenvalue weighted by Gasteiger charge is -1.96. The molecule has 0 aliphatic carbocycles. The lowest BCUT2D eigenvalue weighted by Crippen LogP contribution is -2.21. The Hall–Kier alpha value is -1.39. The van der Waals surface area contributed by atoms with Gasteiger partial charge in [-0.1, -0.05) is 23.7 Å². The highest BCUT2D eigenvalue weighted by Crippen LogP contribution is 2.28. The summed E-state index contributed by atoms with van der Waals surface area (Å²) in [6, 6.07) is 7.14. The third-order valence-corrected chi connectivity index (χ3v) is 3.48. The van der Waals surface area contributed by atoms with Crippen LogP contribution in [0.2, 0.25) is 5.02 Å². The van der Waals surface area contributed by atoms with E-state index in [0.717, 1.165) is 16.9 Å². The van der Waals surface area contributed by atoms with Crippen LogP contribution < -0.4 is 5.11 Å². The van der Waals surface area contributed by atoms with Crippen molar-refractivity contribution in [2.24, 2.45) is 0 Å². The molecule has 0 unspecified atom stereocenters. The number of rotatable bonds is 2. The minimum Gasteiger partial charge on any atom is -0.544 e. The predicted octanol–water partition coefficient (Wildman–Crippen LogP) is 2.14. The van der Waals surface area contributed by atoms with Gasteiger partial charge in [-0.3, -0.25) is 0 Å². The van der Waals surface area contributed by atoms with Gasteiger partial charge in [-0.2, -0.15) is 0 Å². The molecule has 0 fully saturated rings. The maximum Gasteiger partial charge on any atom is 0.124 e. The Balaban J connectivity index is 2.49. The number of thiazole rings is 1. The number of carboxylic acids is 1. The zero-order valence-electron chi connectivity index (χ0n) is 8.36. The third-order valence-electron chi connectivity index (χ3n) is 2.05. The maximum atomic E-state index is 10.8. The second-order valence-electron chi connectivity index (χ2n) is 3.23. The number of carbonyl (C=O) groups excluding carboxylic acids is 1. The SMILES string of the molecule is Cc1nc(-c2cccc(Cl)c2)sc1C(=O)[O-]. The van der Waals surface area contributed by atoms with E-state index in [2.05, 4.69) is 4.98 Å². The van der Waals surface area contributed by atoms with Crippen molar-refractivity contribution >= 4 is 28.9 Å². The van der Waals surface area contributed by atoms with Crippen molar-refractivity contribution in [3.05, 3.63) is 39.9 Å². The highest BCUT2D eigenvalue weighted by atomic mass is 35.5. The summed E-state index contributed by atoms with van der Waals surface area (Å²) in [4.78, 5) is 15.1. The van der Waals surface area contributed by atoms with E-state index in [1.54, 1.807) is 25.1 Å². The van der Waals surface area contributed by atoms with E-state index in [9.17, 15) is 9.90 Å². The number of benzene rings is 1. The van der Waals surface area contributed by atoms with Gasteiger partial charge in [0.1, 0.15) is 5.01 Å². The molecule has 2 aromatic rings. The number of hydrogen-bond acceptors (Lipinski definition) is 4. The van der Waals surface area contributed by atoms with Crippen molar-refractivity contribution in [1.29, 1.82) is 0 Å². The van der Waals surface area contributed by atoms with Crippen molar-refractivity contribution in [2.75, 3.05) is 0 Å². The minimum absolute atomic E-state index is 0.162. The number of aryl methyl sites for hydroxylation is 1. The van der Waals surface area contributed by atoms with Crippen LogP contribution in [0, 0.1) is 6.92 Å². The van der Waals surface area contributed by atoms with E-state index in [4.69, 9.17) is 11.6 Å². The zero-order chi connectivity index (χ0) is 11.7. The van der Waals surface area contributed by atoms with Crippen LogP contribution in [-0.2, 0) is 0 Å². The average Bonchev–Trinajstić information content (AvgIpc) is 2.60. The van der Waals surface area contributed by atoms with E-state index < -0.39 is 5.97 Å². The first-order valence-electron chi connectivity index (χ1n) is 4.52. The van der Waals surface area contributed by atoms with E-state index in [0.29, 0.717) is 15.7 Å². The van der Waals surface area contributed by atoms with Gasteiger partial charge in [-0.25, -0.2) is 4.98 Å². The van der Waals surface area contributed by atoms with Crippen LogP contribution in [0.15, 0.2) is 24.3 Å². The number of carbonyl (C=O) groups is 1. The van der Waals surface area contributed by atoms with E-state index in [1.165, 1.54) is 0 Å². The van der Waals surface area contributed by atoms with Crippen molar-refractivity contribution in [1.82, 2.24) is 4.98 Å². The average molecular weight is 253 g/mol. The summed E-state index contributed by atoms with van der Waals surface area (Å²) in [6.45, 7) is 1.65. The summed E-state index contributed by atoms with van der Waals surface area (Å²) in [7, 11) is 0. The fourth-order valence-corrected chi connectivity index (χ4v) is 2.42. The molecule has 1 heterocycles. The largest absolute Gasteiger partial charge is 0.544 e. The second-order valence-corrected chi connectivity index (χ2v) is 4.67. The predicted molar refractivity (Wildman–Crippen MR) is 61.6 cm³/mol. The lowest BCUT2D eigenvalue weighted by atomic mass is 10.2. The molecule has 16 heavy (non-hydrogen) atoms. The monoisotopic (exact) mass is 252 g/mol. The molecule has 0 N–H and O–H groups in total. The first kappa shape index (κ1) is 11.1. The number of nitrogens with zero attached hydrogens (tertiary/aromatic N) is 1. The van der Waals surface area contributed by atoms with Gasteiger partial charge in [-0.05, 0) is 19.1 Å². The van der Waals surface area contributed by atoms with Crippen molar-refractivity contribution < 1.29 is 9.90 Å². The summed E-state index contributed by atoms with van der Waals surface area (Å²) in [5, 5.41) is 12.0. The van der Waals surface area contributed by atoms with Crippen LogP contribution in [0.5, 0.6) is 0 Å². The van der Waals surface area contributed by atoms with Crippen LogP contribution in [0.4, 0.5) is 0 Å². The van der Waals surface area contributed by atoms with Gasteiger partial charge in [0.2, 0.25) is 0 Å². The van der Waals surface area contributed by atoms with Crippen LogP contribution in [0.3, 0.4) is 0 Å². The Labute approximate surface area is 101 Å². The molecule has 0 bridgehead atoms. The smallest absolute Gasteiger partial charge is 0.124 e. The molecule has 0 saturated heterocycles. The van der Waals surface area contributed by atoms with Crippen molar-refractivity contribution in [2.45, 2.75) is 6.92 Å². The van der Waals surface area contributed by atoms with E-state index >= 15 is 0 Å². The second kappa shape index (κ2) is 4.23. The molecule has 0 saturated carbocycles. The summed E-state index contributed by atoms with van der Waals surface area (Å²) in [5.74, 6) is -1.19. The first-order chi connectivity index (χ1) is 7.58. The summed E-state index contributed by atoms with van der Waals surface area (Å²) in [5.41, 5.74) is 1.29. The Morgan fingerprint density at radius 2 is 2.25 bits per heavy atom. The molecule has 5 heteroatoms. The summed E-state index contributed by atoms with van der Waals surface area (Å²) < 4.78 is 0. The molecule has 0 aliphatic rings. The molecule has 0 spiro atoms. The van der Waals surface area contributed by atoms with Gasteiger partial charge in [0.15, 0.2) is 0 Å². The Morgan fingerprint density at radius 1 is 1.50 bits per heavy atom. The number of carboxylic acid groups (broad SMARTS) is 1. The molecule has 3 nitrogen and oxygen atoms in total. The topological polar surface area (TPSA) is 53.0 Å². The molecular formula is C11H7ClNO2S-. The van der Waals surface area contributed by atoms with Gasteiger partial charge in [-0.15, -0.1) is 11.3 Å². The first-order valence-corrected chi connectivity index (χ1v) is 5.72. The molecule has 0 atom stereocenters. The highest BCUT2D eigenvalue weighted by Gasteiger charge is 2.10. The molecule has 1 aromatic carbocycles. The van der Waals surface area contributed by atoms with Crippen LogP contribution in [0.1, 0.15) is 15.4 Å². The number of aromatic nitrogens is 1. The Bertz CT molecular complexity index is 551.